The van der Waals surface area contributed by atoms with Gasteiger partial charge < -0.3 is 9.47 Å². The van der Waals surface area contributed by atoms with E-state index in [-0.39, 0.29) is 11.2 Å². The Balaban J connectivity index is 2.88. The predicted molar refractivity (Wildman–Crippen MR) is 44.5 cm³/mol. The van der Waals surface area contributed by atoms with E-state index in [2.05, 4.69) is 0 Å². The van der Waals surface area contributed by atoms with Crippen molar-refractivity contribution in [2.75, 3.05) is 0 Å². The topological polar surface area (TPSA) is 35.5 Å². The van der Waals surface area contributed by atoms with Gasteiger partial charge in [0.25, 0.3) is 5.95 Å². The molecule has 0 unspecified atom stereocenters. The van der Waals surface area contributed by atoms with Gasteiger partial charge in [-0.05, 0) is 27.7 Å². The SMILES string of the molecule is CC1(C)OC(=CC=O)OC1(C)C. The molecule has 0 radical (unpaired) electrons. The zero-order chi connectivity index (χ0) is 9.41. The Morgan fingerprint density at radius 2 is 1.50 bits per heavy atom. The maximum atomic E-state index is 10.1. The summed E-state index contributed by atoms with van der Waals surface area (Å²) in [7, 11) is 0. The molecule has 1 heterocycles. The summed E-state index contributed by atoms with van der Waals surface area (Å²) in [4.78, 5) is 10.1. The molecule has 1 aliphatic heterocycles. The van der Waals surface area contributed by atoms with Crippen LogP contribution in [-0.2, 0) is 14.3 Å². The molecule has 0 saturated carbocycles. The molecule has 0 aromatic heterocycles. The highest BCUT2D eigenvalue weighted by molar-refractivity contribution is 5.65. The number of hydrogen-bond acceptors (Lipinski definition) is 3. The fourth-order valence-electron chi connectivity index (χ4n) is 0.893. The number of aldehydes is 1. The van der Waals surface area contributed by atoms with Gasteiger partial charge in [-0.2, -0.15) is 0 Å². The minimum Gasteiger partial charge on any atom is -0.455 e. The lowest BCUT2D eigenvalue weighted by atomic mass is 9.90. The average molecular weight is 170 g/mol. The molecule has 3 heteroatoms. The molecular weight excluding hydrogens is 156 g/mol. The molecule has 12 heavy (non-hydrogen) atoms. The number of carbonyl (C=O) groups is 1. The van der Waals surface area contributed by atoms with Crippen molar-refractivity contribution in [3.05, 3.63) is 12.0 Å². The summed E-state index contributed by atoms with van der Waals surface area (Å²) in [5.74, 6) is 0.306. The van der Waals surface area contributed by atoms with Gasteiger partial charge >= 0.3 is 0 Å². The number of ether oxygens (including phenoxy) is 2. The normalized spacial score (nSPS) is 24.2. The van der Waals surface area contributed by atoms with Crippen LogP contribution in [0.4, 0.5) is 0 Å². The smallest absolute Gasteiger partial charge is 0.283 e. The molecule has 0 atom stereocenters. The van der Waals surface area contributed by atoms with Gasteiger partial charge in [0.15, 0.2) is 0 Å². The number of allylic oxidation sites excluding steroid dienone is 1. The molecule has 0 spiro atoms. The summed E-state index contributed by atoms with van der Waals surface area (Å²) >= 11 is 0. The van der Waals surface area contributed by atoms with Crippen LogP contribution in [-0.4, -0.2) is 17.5 Å². The molecule has 0 aliphatic carbocycles. The number of hydrogen-bond donors (Lipinski definition) is 0. The van der Waals surface area contributed by atoms with Crippen molar-refractivity contribution in [1.29, 1.82) is 0 Å². The van der Waals surface area contributed by atoms with E-state index in [4.69, 9.17) is 9.47 Å². The monoisotopic (exact) mass is 170 g/mol. The molecule has 3 nitrogen and oxygen atoms in total. The van der Waals surface area contributed by atoms with E-state index in [0.29, 0.717) is 12.2 Å². The third kappa shape index (κ3) is 1.31. The largest absolute Gasteiger partial charge is 0.455 e. The minimum absolute atomic E-state index is 0.306. The third-order valence-electron chi connectivity index (χ3n) is 2.37. The molecule has 0 aromatic carbocycles. The molecular formula is C9H14O3. The van der Waals surface area contributed by atoms with Crippen molar-refractivity contribution in [3.8, 4) is 0 Å². The highest BCUT2D eigenvalue weighted by atomic mass is 16.7. The van der Waals surface area contributed by atoms with E-state index in [1.807, 2.05) is 27.7 Å². The summed E-state index contributed by atoms with van der Waals surface area (Å²) in [6, 6.07) is 0. The zero-order valence-corrected chi connectivity index (χ0v) is 7.88. The lowest BCUT2D eigenvalue weighted by molar-refractivity contribution is -0.104. The summed E-state index contributed by atoms with van der Waals surface area (Å²) in [6.45, 7) is 7.72. The van der Waals surface area contributed by atoms with Crippen LogP contribution in [0.1, 0.15) is 27.7 Å². The summed E-state index contributed by atoms with van der Waals surface area (Å²) in [5.41, 5.74) is -0.774. The summed E-state index contributed by atoms with van der Waals surface area (Å²) in [6.07, 6.45) is 1.95. The molecule has 0 aromatic rings. The van der Waals surface area contributed by atoms with Gasteiger partial charge in [0.2, 0.25) is 0 Å². The van der Waals surface area contributed by atoms with Gasteiger partial charge in [-0.25, -0.2) is 0 Å². The highest BCUT2D eigenvalue weighted by Gasteiger charge is 2.48. The van der Waals surface area contributed by atoms with Crippen molar-refractivity contribution in [1.82, 2.24) is 0 Å². The molecule has 0 amide bonds. The summed E-state index contributed by atoms with van der Waals surface area (Å²) < 4.78 is 10.8. The fraction of sp³-hybridized carbons (Fsp3) is 0.667. The Morgan fingerprint density at radius 1 is 1.08 bits per heavy atom. The molecule has 0 N–H and O–H groups in total. The van der Waals surface area contributed by atoms with Gasteiger partial charge in [-0.15, -0.1) is 0 Å². The quantitative estimate of drug-likeness (QED) is 0.443. The first-order valence-electron chi connectivity index (χ1n) is 3.92. The fourth-order valence-corrected chi connectivity index (χ4v) is 0.893. The second-order valence-corrected chi connectivity index (χ2v) is 3.85. The Kier molecular flexibility index (Phi) is 1.90. The van der Waals surface area contributed by atoms with Crippen LogP contribution in [0, 0.1) is 0 Å². The van der Waals surface area contributed by atoms with Crippen molar-refractivity contribution in [3.63, 3.8) is 0 Å². The second-order valence-electron chi connectivity index (χ2n) is 3.85. The lowest BCUT2D eigenvalue weighted by Crippen LogP contribution is -2.41. The first kappa shape index (κ1) is 9.10. The molecule has 1 rings (SSSR count). The van der Waals surface area contributed by atoms with Gasteiger partial charge in [-0.1, -0.05) is 0 Å². The first-order valence-corrected chi connectivity index (χ1v) is 3.92. The van der Waals surface area contributed by atoms with Gasteiger partial charge in [-0.3, -0.25) is 4.79 Å². The van der Waals surface area contributed by atoms with Crippen LogP contribution in [0.15, 0.2) is 12.0 Å². The van der Waals surface area contributed by atoms with Gasteiger partial charge in [0.05, 0.1) is 6.08 Å². The van der Waals surface area contributed by atoms with Gasteiger partial charge in [0, 0.05) is 0 Å². The molecule has 1 aliphatic rings. The first-order chi connectivity index (χ1) is 5.39. The van der Waals surface area contributed by atoms with Crippen LogP contribution in [0.5, 0.6) is 0 Å². The van der Waals surface area contributed by atoms with Crippen molar-refractivity contribution < 1.29 is 14.3 Å². The molecule has 68 valence electrons. The van der Waals surface area contributed by atoms with Gasteiger partial charge in [0.1, 0.15) is 17.5 Å². The zero-order valence-electron chi connectivity index (χ0n) is 7.88. The standard InChI is InChI=1S/C9H14O3/c1-8(2)9(3,4)12-7(11-8)5-6-10/h5-6H,1-4H3. The minimum atomic E-state index is -0.387. The van der Waals surface area contributed by atoms with Crippen LogP contribution >= 0.6 is 0 Å². The third-order valence-corrected chi connectivity index (χ3v) is 2.37. The highest BCUT2D eigenvalue weighted by Crippen LogP contribution is 2.39. The lowest BCUT2D eigenvalue weighted by Gasteiger charge is -2.28. The Morgan fingerprint density at radius 3 is 1.83 bits per heavy atom. The second kappa shape index (κ2) is 2.51. The van der Waals surface area contributed by atoms with Crippen LogP contribution in [0.2, 0.25) is 0 Å². The van der Waals surface area contributed by atoms with E-state index in [1.165, 1.54) is 6.08 Å². The van der Waals surface area contributed by atoms with Crippen LogP contribution in [0.25, 0.3) is 0 Å². The molecule has 1 fully saturated rings. The Labute approximate surface area is 72.4 Å². The van der Waals surface area contributed by atoms with E-state index >= 15 is 0 Å². The molecule has 0 bridgehead atoms. The van der Waals surface area contributed by atoms with Crippen LogP contribution in [0.3, 0.4) is 0 Å². The molecule has 1 saturated heterocycles. The maximum absolute atomic E-state index is 10.1. The van der Waals surface area contributed by atoms with Crippen molar-refractivity contribution in [2.45, 2.75) is 38.9 Å². The Hall–Kier alpha value is -0.990. The van der Waals surface area contributed by atoms with E-state index in [9.17, 15) is 4.79 Å². The van der Waals surface area contributed by atoms with E-state index < -0.39 is 0 Å². The Bertz CT molecular complexity index is 208. The number of carbonyl (C=O) groups excluding carboxylic acids is 1. The number of rotatable bonds is 1. The summed E-state index contributed by atoms with van der Waals surface area (Å²) in [5, 5.41) is 0. The predicted octanol–water partition coefficient (Wildman–Crippen LogP) is 1.63. The van der Waals surface area contributed by atoms with E-state index in [0.717, 1.165) is 0 Å². The maximum Gasteiger partial charge on any atom is 0.283 e. The van der Waals surface area contributed by atoms with E-state index in [1.54, 1.807) is 0 Å². The van der Waals surface area contributed by atoms with Crippen LogP contribution < -0.4 is 0 Å². The average Bonchev–Trinajstić information content (AvgIpc) is 2.02. The van der Waals surface area contributed by atoms with Crippen molar-refractivity contribution >= 4 is 6.29 Å². The van der Waals surface area contributed by atoms with Crippen molar-refractivity contribution in [2.24, 2.45) is 0 Å².